The van der Waals surface area contributed by atoms with E-state index in [1.165, 1.54) is 0 Å². The lowest BCUT2D eigenvalue weighted by Crippen LogP contribution is -2.35. The molecule has 4 N–H and O–H groups in total. The van der Waals surface area contributed by atoms with Gasteiger partial charge in [-0.3, -0.25) is 19.2 Å². The highest BCUT2D eigenvalue weighted by Crippen LogP contribution is 2.29. The van der Waals surface area contributed by atoms with E-state index in [2.05, 4.69) is 31.1 Å². The third-order valence-corrected chi connectivity index (χ3v) is 19.0. The van der Waals surface area contributed by atoms with Crippen molar-refractivity contribution in [3.8, 4) is 0 Å². The molecule has 0 aliphatic rings. The largest absolute Gasteiger partial charge is 0.461 e. The van der Waals surface area contributed by atoms with Gasteiger partial charge >= 0.3 is 23.9 Å². The summed E-state index contributed by atoms with van der Waals surface area (Å²) >= 11 is 0. The first-order chi connectivity index (χ1) is 50.9. The third-order valence-electron chi connectivity index (χ3n) is 19.0. The van der Waals surface area contributed by atoms with E-state index in [0.29, 0.717) is 91.1 Å². The Labute approximate surface area is 625 Å². The van der Waals surface area contributed by atoms with E-state index in [1.807, 2.05) is 177 Å². The molecule has 8 aromatic rings. The van der Waals surface area contributed by atoms with Gasteiger partial charge in [0, 0.05) is 47.8 Å². The van der Waals surface area contributed by atoms with E-state index in [0.717, 1.165) is 35.1 Å². The number of carbonyl (C=O) groups is 8. The predicted molar refractivity (Wildman–Crippen MR) is 415 cm³/mol. The molecule has 0 saturated heterocycles. The van der Waals surface area contributed by atoms with Gasteiger partial charge in [-0.25, -0.2) is 19.2 Å². The van der Waals surface area contributed by atoms with Gasteiger partial charge in [-0.05, 0) is 149 Å². The van der Waals surface area contributed by atoms with Crippen LogP contribution in [-0.4, -0.2) is 149 Å². The average molecular weight is 1440 g/mol. The molecule has 0 heterocycles. The van der Waals surface area contributed by atoms with Crippen molar-refractivity contribution < 1.29 is 57.3 Å². The highest BCUT2D eigenvalue weighted by Gasteiger charge is 2.30. The molecule has 0 aromatic heterocycles. The zero-order valence-electron chi connectivity index (χ0n) is 62.7. The Balaban J connectivity index is 0.906. The standard InChI is InChI=1S/C88H104N6O12/c1-85(2,65-35-13-9-14-36-65)61-103-81(99)73-47-25-21-43-69(73)77(95)89-51-31-57-93(58-32-52-90-78(96)70-44-22-26-48-74(70)82(100)104-62-86(3,4)66-37-15-10-16-38-66)55-29-30-56-94(59-33-53-91-79(97)71-45-23-27-49-75(71)83(101)105-63-87(5,6)67-39-17-11-18-40-67)60-34-54-92-80(98)72-46-24-28-50-76(72)84(102)106-64-88(7,8)68-41-19-12-20-42-68/h9-28,35-50H,29-34,51-64H2,1-8H3,(H,89,95)(H,90,96)(H,91,97)(H,92,98). The maximum absolute atomic E-state index is 13.9. The van der Waals surface area contributed by atoms with Gasteiger partial charge in [-0.15, -0.1) is 0 Å². The van der Waals surface area contributed by atoms with Crippen LogP contribution in [0, 0.1) is 0 Å². The van der Waals surface area contributed by atoms with Crippen molar-refractivity contribution in [3.05, 3.63) is 285 Å². The second kappa shape index (κ2) is 40.1. The van der Waals surface area contributed by atoms with Crippen LogP contribution < -0.4 is 21.3 Å². The summed E-state index contributed by atoms with van der Waals surface area (Å²) in [6.45, 7) is 21.3. The minimum Gasteiger partial charge on any atom is -0.461 e. The van der Waals surface area contributed by atoms with Crippen molar-refractivity contribution in [1.29, 1.82) is 0 Å². The normalized spacial score (nSPS) is 11.7. The summed E-state index contributed by atoms with van der Waals surface area (Å²) in [5.41, 5.74) is 3.70. The van der Waals surface area contributed by atoms with E-state index in [9.17, 15) is 38.4 Å². The minimum absolute atomic E-state index is 0.111. The fourth-order valence-corrected chi connectivity index (χ4v) is 12.4. The SMILES string of the molecule is CC(C)(COC(=O)c1ccccc1C(=O)NCCCN(CCCCN(CCCNC(=O)c1ccccc1C(=O)OCC(C)(C)c1ccccc1)CCCNC(=O)c1ccccc1C(=O)OCC(C)(C)c1ccccc1)CCCNC(=O)c1ccccc1C(=O)OCC(C)(C)c1ccccc1)c1ccccc1. The molecule has 0 radical (unpaired) electrons. The smallest absolute Gasteiger partial charge is 0.338 e. The maximum Gasteiger partial charge on any atom is 0.338 e. The van der Waals surface area contributed by atoms with E-state index >= 15 is 0 Å². The van der Waals surface area contributed by atoms with Crippen LogP contribution in [0.4, 0.5) is 0 Å². The monoisotopic (exact) mass is 1440 g/mol. The number of esters is 4. The number of unbranched alkanes of at least 4 members (excludes halogenated alkanes) is 1. The quantitative estimate of drug-likeness (QED) is 0.0159. The molecule has 18 heteroatoms. The summed E-state index contributed by atoms with van der Waals surface area (Å²) in [7, 11) is 0. The molecule has 8 rings (SSSR count). The van der Waals surface area contributed by atoms with Crippen LogP contribution in [0.2, 0.25) is 0 Å². The molecule has 8 aromatic carbocycles. The number of ether oxygens (including phenoxy) is 4. The fourth-order valence-electron chi connectivity index (χ4n) is 12.4. The lowest BCUT2D eigenvalue weighted by molar-refractivity contribution is 0.0417. The number of nitrogens with zero attached hydrogens (tertiary/aromatic N) is 2. The first kappa shape index (κ1) is 81.1. The molecule has 0 bridgehead atoms. The number of carbonyl (C=O) groups excluding carboxylic acids is 8. The first-order valence-electron chi connectivity index (χ1n) is 36.8. The number of rotatable bonds is 41. The number of hydrogen-bond donors (Lipinski definition) is 4. The molecular weight excluding hydrogens is 1330 g/mol. The molecule has 18 nitrogen and oxygen atoms in total. The van der Waals surface area contributed by atoms with Gasteiger partial charge in [0.1, 0.15) is 26.4 Å². The van der Waals surface area contributed by atoms with Crippen LogP contribution in [0.15, 0.2) is 218 Å². The van der Waals surface area contributed by atoms with Gasteiger partial charge in [0.05, 0.1) is 44.5 Å². The topological polar surface area (TPSA) is 228 Å². The molecule has 0 aliphatic carbocycles. The van der Waals surface area contributed by atoms with Crippen LogP contribution in [0.1, 0.15) is 199 Å². The highest BCUT2D eigenvalue weighted by atomic mass is 16.5. The first-order valence-corrected chi connectivity index (χ1v) is 36.8. The lowest BCUT2D eigenvalue weighted by atomic mass is 9.85. The van der Waals surface area contributed by atoms with Gasteiger partial charge in [0.25, 0.3) is 23.6 Å². The summed E-state index contributed by atoms with van der Waals surface area (Å²) in [5, 5.41) is 12.1. The van der Waals surface area contributed by atoms with Crippen LogP contribution >= 0.6 is 0 Å². The van der Waals surface area contributed by atoms with Crippen molar-refractivity contribution in [1.82, 2.24) is 31.1 Å². The van der Waals surface area contributed by atoms with Crippen molar-refractivity contribution >= 4 is 47.5 Å². The molecule has 4 amide bonds. The van der Waals surface area contributed by atoms with E-state index in [4.69, 9.17) is 18.9 Å². The van der Waals surface area contributed by atoms with Gasteiger partial charge in [-0.2, -0.15) is 0 Å². The summed E-state index contributed by atoms with van der Waals surface area (Å²) in [4.78, 5) is 114. The van der Waals surface area contributed by atoms with Gasteiger partial charge < -0.3 is 50.0 Å². The molecule has 0 aliphatic heterocycles. The van der Waals surface area contributed by atoms with E-state index in [-0.39, 0.29) is 70.9 Å². The molecule has 106 heavy (non-hydrogen) atoms. The number of amides is 4. The second-order valence-electron chi connectivity index (χ2n) is 29.3. The maximum atomic E-state index is 13.9. The fraction of sp³-hybridized carbons (Fsp3) is 0.364. The Bertz CT molecular complexity index is 3650. The molecule has 0 spiro atoms. The van der Waals surface area contributed by atoms with Gasteiger partial charge in [0.2, 0.25) is 0 Å². The summed E-state index contributed by atoms with van der Waals surface area (Å²) in [6.07, 6.45) is 3.78. The Hall–Kier alpha value is -10.6. The van der Waals surface area contributed by atoms with Crippen molar-refractivity contribution in [2.24, 2.45) is 0 Å². The summed E-state index contributed by atoms with van der Waals surface area (Å²) < 4.78 is 23.3. The summed E-state index contributed by atoms with van der Waals surface area (Å²) in [5.74, 6) is -3.98. The Morgan fingerprint density at radius 1 is 0.245 bits per heavy atom. The van der Waals surface area contributed by atoms with Crippen LogP contribution in [0.3, 0.4) is 0 Å². The Morgan fingerprint density at radius 2 is 0.415 bits per heavy atom. The van der Waals surface area contributed by atoms with Gasteiger partial charge in [0.15, 0.2) is 0 Å². The zero-order chi connectivity index (χ0) is 76.0. The minimum atomic E-state index is -0.592. The Morgan fingerprint density at radius 3 is 0.613 bits per heavy atom. The number of benzene rings is 8. The summed E-state index contributed by atoms with van der Waals surface area (Å²) in [6, 6.07) is 65.7. The molecule has 0 unspecified atom stereocenters. The highest BCUT2D eigenvalue weighted by molar-refractivity contribution is 6.07. The van der Waals surface area contributed by atoms with Crippen LogP contribution in [0.5, 0.6) is 0 Å². The molecule has 558 valence electrons. The third kappa shape index (κ3) is 24.5. The molecular formula is C88H104N6O12. The number of hydrogen-bond acceptors (Lipinski definition) is 14. The molecule has 0 fully saturated rings. The zero-order valence-corrected chi connectivity index (χ0v) is 62.7. The van der Waals surface area contributed by atoms with Gasteiger partial charge in [-0.1, -0.05) is 225 Å². The van der Waals surface area contributed by atoms with Crippen LogP contribution in [0.25, 0.3) is 0 Å². The van der Waals surface area contributed by atoms with Crippen LogP contribution in [-0.2, 0) is 40.6 Å². The van der Waals surface area contributed by atoms with E-state index in [1.54, 1.807) is 97.1 Å². The lowest BCUT2D eigenvalue weighted by Gasteiger charge is -2.25. The van der Waals surface area contributed by atoms with E-state index < -0.39 is 69.2 Å². The van der Waals surface area contributed by atoms with Crippen molar-refractivity contribution in [2.75, 3.05) is 91.9 Å². The Kier molecular flexibility index (Phi) is 30.7. The van der Waals surface area contributed by atoms with Crippen molar-refractivity contribution in [3.63, 3.8) is 0 Å². The predicted octanol–water partition coefficient (Wildman–Crippen LogP) is 14.2. The average Bonchev–Trinajstić information content (AvgIpc) is 0.852. The van der Waals surface area contributed by atoms with Crippen molar-refractivity contribution in [2.45, 2.75) is 116 Å². The molecule has 0 saturated carbocycles. The molecule has 0 atom stereocenters. The second-order valence-corrected chi connectivity index (χ2v) is 29.3. The number of nitrogens with one attached hydrogen (secondary N) is 4.